The first-order chi connectivity index (χ1) is 15.3. The molecule has 2 aromatic rings. The molecule has 1 saturated heterocycles. The van der Waals surface area contributed by atoms with Gasteiger partial charge in [-0.25, -0.2) is 0 Å². The second-order valence-electron chi connectivity index (χ2n) is 7.50. The molecule has 0 spiro atoms. The number of hydrogen-bond donors (Lipinski definition) is 1. The molecule has 1 aromatic carbocycles. The van der Waals surface area contributed by atoms with Crippen LogP contribution in [0, 0.1) is 11.3 Å². The molecule has 7 nitrogen and oxygen atoms in total. The molecule has 0 saturated carbocycles. The summed E-state index contributed by atoms with van der Waals surface area (Å²) in [5, 5.41) is 20.6. The molecule has 1 aliphatic rings. The highest BCUT2D eigenvalue weighted by molar-refractivity contribution is 5.93. The van der Waals surface area contributed by atoms with Crippen molar-refractivity contribution in [2.24, 2.45) is 0 Å². The first kappa shape index (κ1) is 23.5. The monoisotopic (exact) mass is 446 g/mol. The summed E-state index contributed by atoms with van der Waals surface area (Å²) in [6.45, 7) is 6.02. The number of para-hydroxylation sites is 1. The number of nitrogens with zero attached hydrogens (tertiary/aromatic N) is 5. The van der Waals surface area contributed by atoms with E-state index in [0.717, 1.165) is 17.3 Å². The molecule has 1 aromatic heterocycles. The molecular formula is C22H25F3N6O. The summed E-state index contributed by atoms with van der Waals surface area (Å²) >= 11 is 0. The van der Waals surface area contributed by atoms with Gasteiger partial charge in [0, 0.05) is 26.2 Å². The summed E-state index contributed by atoms with van der Waals surface area (Å²) in [5.74, 6) is 0.0398. The number of benzene rings is 1. The average Bonchev–Trinajstić information content (AvgIpc) is 2.78. The average molecular weight is 446 g/mol. The van der Waals surface area contributed by atoms with Gasteiger partial charge in [-0.2, -0.15) is 23.5 Å². The van der Waals surface area contributed by atoms with E-state index in [0.29, 0.717) is 50.4 Å². The smallest absolute Gasteiger partial charge is 0.351 e. The second-order valence-corrected chi connectivity index (χ2v) is 7.50. The Hall–Kier alpha value is -3.19. The van der Waals surface area contributed by atoms with Crippen molar-refractivity contribution in [1.82, 2.24) is 15.1 Å². The standard InChI is InChI=1S/C22H25F3N6O/c1-3-15-16(13-26)21(29-28-18(15)4-2)31-11-9-30(10-12-31)14-20(32)27-19-8-6-5-7-17(19)22(23,24)25/h5-8H,3-4,9-12,14H2,1-2H3,(H,27,32). The van der Waals surface area contributed by atoms with Crippen molar-refractivity contribution in [3.05, 3.63) is 46.6 Å². The van der Waals surface area contributed by atoms with E-state index in [1.54, 1.807) is 0 Å². The Kier molecular flexibility index (Phi) is 7.30. The van der Waals surface area contributed by atoms with Crippen molar-refractivity contribution in [2.45, 2.75) is 32.9 Å². The number of amides is 1. The quantitative estimate of drug-likeness (QED) is 0.733. The zero-order valence-electron chi connectivity index (χ0n) is 18.0. The first-order valence-electron chi connectivity index (χ1n) is 10.5. The van der Waals surface area contributed by atoms with Gasteiger partial charge >= 0.3 is 6.18 Å². The molecule has 10 heteroatoms. The lowest BCUT2D eigenvalue weighted by Crippen LogP contribution is -2.49. The predicted molar refractivity (Wildman–Crippen MR) is 114 cm³/mol. The van der Waals surface area contributed by atoms with Crippen molar-refractivity contribution in [1.29, 1.82) is 5.26 Å². The zero-order valence-corrected chi connectivity index (χ0v) is 18.0. The number of nitrogens with one attached hydrogen (secondary N) is 1. The lowest BCUT2D eigenvalue weighted by atomic mass is 10.0. The summed E-state index contributed by atoms with van der Waals surface area (Å²) in [5.41, 5.74) is 1.14. The lowest BCUT2D eigenvalue weighted by molar-refractivity contribution is -0.137. The summed E-state index contributed by atoms with van der Waals surface area (Å²) in [6, 6.07) is 7.18. The van der Waals surface area contributed by atoms with Crippen molar-refractivity contribution in [2.75, 3.05) is 42.9 Å². The molecule has 32 heavy (non-hydrogen) atoms. The third-order valence-electron chi connectivity index (χ3n) is 5.49. The first-order valence-corrected chi connectivity index (χ1v) is 10.5. The van der Waals surface area contributed by atoms with Crippen molar-refractivity contribution in [3.8, 4) is 6.07 Å². The Bertz CT molecular complexity index is 1010. The normalized spacial score (nSPS) is 14.8. The SMILES string of the molecule is CCc1nnc(N2CCN(CC(=O)Nc3ccccc3C(F)(F)F)CC2)c(C#N)c1CC. The molecular weight excluding hydrogens is 421 g/mol. The van der Waals surface area contributed by atoms with E-state index in [9.17, 15) is 23.2 Å². The maximum atomic E-state index is 13.1. The predicted octanol–water partition coefficient (Wildman–Crippen LogP) is 3.25. The van der Waals surface area contributed by atoms with Gasteiger partial charge < -0.3 is 10.2 Å². The molecule has 1 fully saturated rings. The number of aromatic nitrogens is 2. The topological polar surface area (TPSA) is 85.2 Å². The number of nitriles is 1. The summed E-state index contributed by atoms with van der Waals surface area (Å²) in [4.78, 5) is 16.2. The minimum atomic E-state index is -4.54. The molecule has 0 bridgehead atoms. The molecule has 1 N–H and O–H groups in total. The van der Waals surface area contributed by atoms with E-state index >= 15 is 0 Å². The molecule has 0 radical (unpaired) electrons. The Morgan fingerprint density at radius 2 is 1.81 bits per heavy atom. The van der Waals surface area contributed by atoms with Gasteiger partial charge in [0.15, 0.2) is 5.82 Å². The van der Waals surface area contributed by atoms with E-state index in [-0.39, 0.29) is 12.2 Å². The number of aryl methyl sites for hydroxylation is 1. The number of carbonyl (C=O) groups is 1. The van der Waals surface area contributed by atoms with Gasteiger partial charge in [0.05, 0.1) is 23.5 Å². The van der Waals surface area contributed by atoms with Gasteiger partial charge in [-0.1, -0.05) is 26.0 Å². The highest BCUT2D eigenvalue weighted by Crippen LogP contribution is 2.34. The molecule has 3 rings (SSSR count). The van der Waals surface area contributed by atoms with Gasteiger partial charge in [0.2, 0.25) is 5.91 Å². The van der Waals surface area contributed by atoms with Crippen LogP contribution in [0.5, 0.6) is 0 Å². The van der Waals surface area contributed by atoms with Gasteiger partial charge in [0.25, 0.3) is 0 Å². The fraction of sp³-hybridized carbons (Fsp3) is 0.455. The van der Waals surface area contributed by atoms with Crippen LogP contribution < -0.4 is 10.2 Å². The van der Waals surface area contributed by atoms with Crippen LogP contribution in [0.2, 0.25) is 0 Å². The number of alkyl halides is 3. The van der Waals surface area contributed by atoms with Crippen LogP contribution in [0.25, 0.3) is 0 Å². The summed E-state index contributed by atoms with van der Waals surface area (Å²) < 4.78 is 39.4. The minimum absolute atomic E-state index is 0.0220. The van der Waals surface area contributed by atoms with Crippen LogP contribution in [0.1, 0.15) is 36.2 Å². The number of hydrogen-bond acceptors (Lipinski definition) is 6. The maximum Gasteiger partial charge on any atom is 0.418 e. The third kappa shape index (κ3) is 5.16. The molecule has 1 amide bonds. The Labute approximate surface area is 184 Å². The Morgan fingerprint density at radius 1 is 1.12 bits per heavy atom. The highest BCUT2D eigenvalue weighted by Gasteiger charge is 2.33. The molecule has 0 aliphatic carbocycles. The van der Waals surface area contributed by atoms with Crippen molar-refractivity contribution < 1.29 is 18.0 Å². The van der Waals surface area contributed by atoms with Crippen LogP contribution in [0.3, 0.4) is 0 Å². The summed E-state index contributed by atoms with van der Waals surface area (Å²) in [7, 11) is 0. The van der Waals surface area contributed by atoms with E-state index in [2.05, 4.69) is 21.6 Å². The van der Waals surface area contributed by atoms with Crippen LogP contribution in [-0.2, 0) is 23.8 Å². The fourth-order valence-electron chi connectivity index (χ4n) is 3.85. The van der Waals surface area contributed by atoms with E-state index in [1.165, 1.54) is 18.2 Å². The summed E-state index contributed by atoms with van der Waals surface area (Å²) in [6.07, 6.45) is -3.15. The maximum absolute atomic E-state index is 13.1. The van der Waals surface area contributed by atoms with Gasteiger partial charge in [0.1, 0.15) is 11.6 Å². The van der Waals surface area contributed by atoms with Crippen molar-refractivity contribution in [3.63, 3.8) is 0 Å². The van der Waals surface area contributed by atoms with Gasteiger partial charge in [-0.15, -0.1) is 5.10 Å². The molecule has 0 atom stereocenters. The van der Waals surface area contributed by atoms with E-state index in [1.807, 2.05) is 23.6 Å². The minimum Gasteiger partial charge on any atom is -0.351 e. The zero-order chi connectivity index (χ0) is 23.3. The molecule has 1 aliphatic heterocycles. The van der Waals surface area contributed by atoms with Crippen LogP contribution in [0.15, 0.2) is 24.3 Å². The number of rotatable bonds is 6. The van der Waals surface area contributed by atoms with Crippen LogP contribution in [-0.4, -0.2) is 53.7 Å². The fourth-order valence-corrected chi connectivity index (χ4v) is 3.85. The Balaban J connectivity index is 1.63. The molecule has 0 unspecified atom stereocenters. The Morgan fingerprint density at radius 3 is 2.41 bits per heavy atom. The molecule has 2 heterocycles. The lowest BCUT2D eigenvalue weighted by Gasteiger charge is -2.35. The van der Waals surface area contributed by atoms with E-state index < -0.39 is 17.6 Å². The second kappa shape index (κ2) is 9.96. The van der Waals surface area contributed by atoms with E-state index in [4.69, 9.17) is 0 Å². The number of piperazine rings is 1. The number of anilines is 2. The number of carbonyl (C=O) groups excluding carboxylic acids is 1. The number of halogens is 3. The third-order valence-corrected chi connectivity index (χ3v) is 5.49. The highest BCUT2D eigenvalue weighted by atomic mass is 19.4. The van der Waals surface area contributed by atoms with Gasteiger partial charge in [-0.05, 0) is 30.5 Å². The van der Waals surface area contributed by atoms with Crippen LogP contribution in [0.4, 0.5) is 24.7 Å². The largest absolute Gasteiger partial charge is 0.418 e. The van der Waals surface area contributed by atoms with Gasteiger partial charge in [-0.3, -0.25) is 9.69 Å². The molecule has 170 valence electrons. The van der Waals surface area contributed by atoms with Crippen LogP contribution >= 0.6 is 0 Å². The van der Waals surface area contributed by atoms with Crippen molar-refractivity contribution >= 4 is 17.4 Å².